The molecule has 3 rings (SSSR count). The maximum absolute atomic E-state index is 13.0. The van der Waals surface area contributed by atoms with Gasteiger partial charge in [-0.1, -0.05) is 72.2 Å². The van der Waals surface area contributed by atoms with E-state index in [0.717, 1.165) is 15.6 Å². The molecule has 3 aromatic rings. The van der Waals surface area contributed by atoms with Crippen molar-refractivity contribution in [1.29, 1.82) is 0 Å². The van der Waals surface area contributed by atoms with Gasteiger partial charge in [-0.15, -0.1) is 0 Å². The second-order valence-corrected chi connectivity index (χ2v) is 8.78. The quantitative estimate of drug-likeness (QED) is 0.426. The van der Waals surface area contributed by atoms with E-state index >= 15 is 0 Å². The Hall–Kier alpha value is -3.12. The van der Waals surface area contributed by atoms with E-state index in [1.807, 2.05) is 48.5 Å². The van der Waals surface area contributed by atoms with E-state index in [1.165, 1.54) is 0 Å². The first-order valence-electron chi connectivity index (χ1n) is 10.5. The fourth-order valence-electron chi connectivity index (χ4n) is 3.34. The van der Waals surface area contributed by atoms with Gasteiger partial charge >= 0.3 is 0 Å². The lowest BCUT2D eigenvalue weighted by Gasteiger charge is -2.19. The average molecular weight is 495 g/mol. The van der Waals surface area contributed by atoms with Crippen LogP contribution in [0.15, 0.2) is 77.3 Å². The van der Waals surface area contributed by atoms with Gasteiger partial charge in [0.1, 0.15) is 5.75 Å². The van der Waals surface area contributed by atoms with Gasteiger partial charge in [-0.2, -0.15) is 0 Å². The molecule has 0 aromatic heterocycles. The number of nitrogens with one attached hydrogen (secondary N) is 1. The van der Waals surface area contributed by atoms with Gasteiger partial charge in [0.05, 0.1) is 11.3 Å². The lowest BCUT2D eigenvalue weighted by molar-refractivity contribution is -0.118. The number of carbonyl (C=O) groups excluding carboxylic acids is 2. The number of amides is 2. The number of para-hydroxylation sites is 1. The number of nitrogens with zero attached hydrogens (tertiary/aromatic N) is 1. The summed E-state index contributed by atoms with van der Waals surface area (Å²) in [6.07, 6.45) is 0. The molecular formula is C26H27BrN2O3. The molecule has 5 nitrogen and oxygen atoms in total. The molecule has 3 aromatic carbocycles. The Labute approximate surface area is 197 Å². The summed E-state index contributed by atoms with van der Waals surface area (Å²) in [6.45, 7) is 4.47. The Morgan fingerprint density at radius 3 is 2.41 bits per heavy atom. The molecule has 0 spiro atoms. The fraction of sp³-hybridized carbons (Fsp3) is 0.231. The van der Waals surface area contributed by atoms with Crippen molar-refractivity contribution in [3.63, 3.8) is 0 Å². The van der Waals surface area contributed by atoms with Crippen LogP contribution in [0.1, 0.15) is 41.3 Å². The van der Waals surface area contributed by atoms with Crippen LogP contribution < -0.4 is 10.1 Å². The van der Waals surface area contributed by atoms with E-state index in [1.54, 1.807) is 36.2 Å². The summed E-state index contributed by atoms with van der Waals surface area (Å²) >= 11 is 3.47. The zero-order valence-electron chi connectivity index (χ0n) is 18.5. The highest BCUT2D eigenvalue weighted by Crippen LogP contribution is 2.29. The van der Waals surface area contributed by atoms with Crippen LogP contribution in [-0.2, 0) is 11.3 Å². The fourth-order valence-corrected chi connectivity index (χ4v) is 3.72. The zero-order valence-corrected chi connectivity index (χ0v) is 20.1. The van der Waals surface area contributed by atoms with Crippen LogP contribution >= 0.6 is 15.9 Å². The van der Waals surface area contributed by atoms with Crippen molar-refractivity contribution in [2.24, 2.45) is 0 Å². The summed E-state index contributed by atoms with van der Waals surface area (Å²) < 4.78 is 6.75. The number of hydrogen-bond acceptors (Lipinski definition) is 3. The van der Waals surface area contributed by atoms with Crippen molar-refractivity contribution >= 4 is 33.4 Å². The van der Waals surface area contributed by atoms with Crippen LogP contribution in [0.25, 0.3) is 0 Å². The first kappa shape index (κ1) is 23.5. The average Bonchev–Trinajstić information content (AvgIpc) is 2.78. The van der Waals surface area contributed by atoms with Gasteiger partial charge in [0, 0.05) is 18.1 Å². The first-order chi connectivity index (χ1) is 15.3. The summed E-state index contributed by atoms with van der Waals surface area (Å²) in [7, 11) is 1.75. The van der Waals surface area contributed by atoms with Gasteiger partial charge in [-0.3, -0.25) is 9.59 Å². The SMILES string of the molecule is CC(C)c1cc(Br)ccc1OCC(=O)Nc1ccccc1C(=O)N(C)Cc1ccccc1. The van der Waals surface area contributed by atoms with E-state index in [9.17, 15) is 9.59 Å². The molecule has 32 heavy (non-hydrogen) atoms. The molecule has 0 bridgehead atoms. The number of ether oxygens (including phenoxy) is 1. The normalized spacial score (nSPS) is 10.7. The molecule has 166 valence electrons. The van der Waals surface area contributed by atoms with E-state index in [4.69, 9.17) is 4.74 Å². The predicted molar refractivity (Wildman–Crippen MR) is 131 cm³/mol. The number of rotatable bonds is 8. The second kappa shape index (κ2) is 11.0. The van der Waals surface area contributed by atoms with Gasteiger partial charge in [0.15, 0.2) is 6.61 Å². The monoisotopic (exact) mass is 494 g/mol. The predicted octanol–water partition coefficient (Wildman–Crippen LogP) is 5.86. The molecule has 2 amide bonds. The third kappa shape index (κ3) is 6.20. The van der Waals surface area contributed by atoms with E-state index in [-0.39, 0.29) is 24.3 Å². The van der Waals surface area contributed by atoms with Gasteiger partial charge in [-0.05, 0) is 47.4 Å². The van der Waals surface area contributed by atoms with Crippen molar-refractivity contribution in [1.82, 2.24) is 4.90 Å². The third-order valence-corrected chi connectivity index (χ3v) is 5.49. The lowest BCUT2D eigenvalue weighted by Crippen LogP contribution is -2.28. The third-order valence-electron chi connectivity index (χ3n) is 4.99. The number of benzene rings is 3. The zero-order chi connectivity index (χ0) is 23.1. The van der Waals surface area contributed by atoms with Crippen molar-refractivity contribution in [3.8, 4) is 5.75 Å². The molecule has 1 N–H and O–H groups in total. The lowest BCUT2D eigenvalue weighted by atomic mass is 10.0. The number of halogens is 1. The topological polar surface area (TPSA) is 58.6 Å². The number of anilines is 1. The minimum absolute atomic E-state index is 0.149. The van der Waals surface area contributed by atoms with Crippen LogP contribution in [0.2, 0.25) is 0 Å². The molecule has 0 heterocycles. The van der Waals surface area contributed by atoms with Crippen LogP contribution in [0.3, 0.4) is 0 Å². The van der Waals surface area contributed by atoms with Crippen LogP contribution in [-0.4, -0.2) is 30.4 Å². The van der Waals surface area contributed by atoms with Crippen LogP contribution in [0.5, 0.6) is 5.75 Å². The van der Waals surface area contributed by atoms with Crippen molar-refractivity contribution < 1.29 is 14.3 Å². The molecule has 0 saturated carbocycles. The summed E-state index contributed by atoms with van der Waals surface area (Å²) in [4.78, 5) is 27.3. The van der Waals surface area contributed by atoms with Gasteiger partial charge in [0.2, 0.25) is 0 Å². The molecule has 0 radical (unpaired) electrons. The molecule has 0 unspecified atom stereocenters. The van der Waals surface area contributed by atoms with Crippen molar-refractivity contribution in [3.05, 3.63) is 94.0 Å². The minimum Gasteiger partial charge on any atom is -0.483 e. The maximum atomic E-state index is 13.0. The molecule has 0 saturated heterocycles. The van der Waals surface area contributed by atoms with Gasteiger partial charge in [0.25, 0.3) is 11.8 Å². The van der Waals surface area contributed by atoms with Gasteiger partial charge in [-0.25, -0.2) is 0 Å². The highest BCUT2D eigenvalue weighted by molar-refractivity contribution is 9.10. The summed E-state index contributed by atoms with van der Waals surface area (Å²) in [5.41, 5.74) is 2.95. The Morgan fingerprint density at radius 2 is 1.69 bits per heavy atom. The van der Waals surface area contributed by atoms with Crippen molar-refractivity contribution in [2.75, 3.05) is 19.0 Å². The van der Waals surface area contributed by atoms with E-state index < -0.39 is 0 Å². The molecule has 0 atom stereocenters. The first-order valence-corrected chi connectivity index (χ1v) is 11.2. The van der Waals surface area contributed by atoms with E-state index in [2.05, 4.69) is 35.1 Å². The Kier molecular flexibility index (Phi) is 8.06. The summed E-state index contributed by atoms with van der Waals surface area (Å²) in [6, 6.07) is 22.5. The van der Waals surface area contributed by atoms with Crippen LogP contribution in [0.4, 0.5) is 5.69 Å². The molecule has 0 aliphatic heterocycles. The maximum Gasteiger partial charge on any atom is 0.262 e. The number of carbonyl (C=O) groups is 2. The largest absolute Gasteiger partial charge is 0.483 e. The van der Waals surface area contributed by atoms with Gasteiger partial charge < -0.3 is 15.0 Å². The molecule has 0 fully saturated rings. The van der Waals surface area contributed by atoms with Crippen LogP contribution in [0, 0.1) is 0 Å². The number of hydrogen-bond donors (Lipinski definition) is 1. The Morgan fingerprint density at radius 1 is 1.00 bits per heavy atom. The molecule has 6 heteroatoms. The van der Waals surface area contributed by atoms with E-state index in [0.29, 0.717) is 23.5 Å². The summed E-state index contributed by atoms with van der Waals surface area (Å²) in [5.74, 6) is 0.434. The smallest absolute Gasteiger partial charge is 0.262 e. The molecular weight excluding hydrogens is 468 g/mol. The Balaban J connectivity index is 1.67. The Bertz CT molecular complexity index is 1080. The second-order valence-electron chi connectivity index (χ2n) is 7.87. The highest BCUT2D eigenvalue weighted by atomic mass is 79.9. The standard InChI is InChI=1S/C26H27BrN2O3/c1-18(2)22-15-20(27)13-14-24(22)32-17-25(30)28-23-12-8-7-11-21(23)26(31)29(3)16-19-9-5-4-6-10-19/h4-15,18H,16-17H2,1-3H3,(H,28,30). The van der Waals surface area contributed by atoms with Crippen molar-refractivity contribution in [2.45, 2.75) is 26.3 Å². The molecule has 0 aliphatic carbocycles. The highest BCUT2D eigenvalue weighted by Gasteiger charge is 2.18. The summed E-state index contributed by atoms with van der Waals surface area (Å²) in [5, 5.41) is 2.82. The minimum atomic E-state index is -0.325. The molecule has 0 aliphatic rings.